The first kappa shape index (κ1) is 22.3. The van der Waals surface area contributed by atoms with Crippen LogP contribution in [0.15, 0.2) is 48.5 Å². The van der Waals surface area contributed by atoms with Gasteiger partial charge in [0.2, 0.25) is 11.8 Å². The molecule has 0 fully saturated rings. The molecule has 0 saturated heterocycles. The summed E-state index contributed by atoms with van der Waals surface area (Å²) in [6.07, 6.45) is 0. The third-order valence-electron chi connectivity index (χ3n) is 5.02. The van der Waals surface area contributed by atoms with E-state index in [4.69, 9.17) is 4.74 Å². The molecule has 6 nitrogen and oxygen atoms in total. The highest BCUT2D eigenvalue weighted by Gasteiger charge is 2.36. The summed E-state index contributed by atoms with van der Waals surface area (Å²) < 4.78 is 5.30. The number of carbonyl (C=O) groups excluding carboxylic acids is 2. The highest BCUT2D eigenvalue weighted by molar-refractivity contribution is 6.09. The highest BCUT2D eigenvalue weighted by Crippen LogP contribution is 2.23. The Bertz CT molecular complexity index is 828. The summed E-state index contributed by atoms with van der Waals surface area (Å²) in [7, 11) is 1.59. The summed E-state index contributed by atoms with van der Waals surface area (Å²) in [5, 5.41) is 5.68. The Labute approximate surface area is 173 Å². The largest absolute Gasteiger partial charge is 0.496 e. The molecule has 6 heteroatoms. The molecule has 0 bridgehead atoms. The van der Waals surface area contributed by atoms with Crippen LogP contribution >= 0.6 is 0 Å². The second-order valence-corrected chi connectivity index (χ2v) is 7.29. The standard InChI is InChI=1S/C23H31N3O3/c1-6-26(7-2)19-14-12-18(13-15-19)25-22(28)23(3,4)21(27)24-16-17-10-8-9-11-20(17)29-5/h8-15H,6-7,16H2,1-5H3,(H,24,27)(H,25,28). The van der Waals surface area contributed by atoms with Gasteiger partial charge < -0.3 is 20.3 Å². The lowest BCUT2D eigenvalue weighted by molar-refractivity contribution is -0.138. The Morgan fingerprint density at radius 3 is 2.17 bits per heavy atom. The summed E-state index contributed by atoms with van der Waals surface area (Å²) >= 11 is 0. The van der Waals surface area contributed by atoms with Crippen molar-refractivity contribution in [1.29, 1.82) is 0 Å². The first-order valence-corrected chi connectivity index (χ1v) is 9.90. The van der Waals surface area contributed by atoms with Crippen LogP contribution in [0, 0.1) is 5.41 Å². The van der Waals surface area contributed by atoms with Gasteiger partial charge in [0.25, 0.3) is 0 Å². The van der Waals surface area contributed by atoms with Gasteiger partial charge in [-0.2, -0.15) is 0 Å². The van der Waals surface area contributed by atoms with E-state index in [1.807, 2.05) is 48.5 Å². The van der Waals surface area contributed by atoms with E-state index in [-0.39, 0.29) is 18.4 Å². The Kier molecular flexibility index (Phi) is 7.65. The van der Waals surface area contributed by atoms with E-state index < -0.39 is 5.41 Å². The molecule has 0 aliphatic rings. The van der Waals surface area contributed by atoms with Gasteiger partial charge in [0.05, 0.1) is 7.11 Å². The molecular formula is C23H31N3O3. The number of nitrogens with zero attached hydrogens (tertiary/aromatic N) is 1. The van der Waals surface area contributed by atoms with Crippen molar-refractivity contribution in [1.82, 2.24) is 5.32 Å². The number of nitrogens with one attached hydrogen (secondary N) is 2. The van der Waals surface area contributed by atoms with E-state index in [0.29, 0.717) is 11.4 Å². The molecule has 0 atom stereocenters. The van der Waals surface area contributed by atoms with E-state index in [2.05, 4.69) is 29.4 Å². The zero-order valence-corrected chi connectivity index (χ0v) is 17.9. The molecule has 2 rings (SSSR count). The lowest BCUT2D eigenvalue weighted by Crippen LogP contribution is -2.44. The molecule has 0 heterocycles. The zero-order valence-electron chi connectivity index (χ0n) is 17.9. The van der Waals surface area contributed by atoms with Gasteiger partial charge in [-0.05, 0) is 58.0 Å². The summed E-state index contributed by atoms with van der Waals surface area (Å²) in [5.41, 5.74) is 1.39. The Hall–Kier alpha value is -3.02. The van der Waals surface area contributed by atoms with Gasteiger partial charge >= 0.3 is 0 Å². The number of benzene rings is 2. The van der Waals surface area contributed by atoms with Crippen molar-refractivity contribution >= 4 is 23.2 Å². The van der Waals surface area contributed by atoms with Gasteiger partial charge in [0, 0.05) is 36.6 Å². The van der Waals surface area contributed by atoms with E-state index in [9.17, 15) is 9.59 Å². The minimum atomic E-state index is -1.22. The molecular weight excluding hydrogens is 366 g/mol. The SMILES string of the molecule is CCN(CC)c1ccc(NC(=O)C(C)(C)C(=O)NCc2ccccc2OC)cc1. The molecule has 0 aliphatic carbocycles. The fourth-order valence-corrected chi connectivity index (χ4v) is 2.98. The molecule has 0 radical (unpaired) electrons. The number of para-hydroxylation sites is 1. The van der Waals surface area contributed by atoms with Crippen molar-refractivity contribution in [2.45, 2.75) is 34.2 Å². The topological polar surface area (TPSA) is 70.7 Å². The maximum Gasteiger partial charge on any atom is 0.239 e. The molecule has 2 N–H and O–H groups in total. The average molecular weight is 398 g/mol. The summed E-state index contributed by atoms with van der Waals surface area (Å²) in [6.45, 7) is 9.56. The van der Waals surface area contributed by atoms with E-state index in [0.717, 1.165) is 24.3 Å². The molecule has 2 amide bonds. The number of hydrogen-bond donors (Lipinski definition) is 2. The maximum atomic E-state index is 12.7. The fraction of sp³-hybridized carbons (Fsp3) is 0.391. The summed E-state index contributed by atoms with van der Waals surface area (Å²) in [4.78, 5) is 27.6. The van der Waals surface area contributed by atoms with Crippen molar-refractivity contribution in [2.75, 3.05) is 30.4 Å². The number of rotatable bonds is 9. The van der Waals surface area contributed by atoms with Crippen molar-refractivity contribution in [3.05, 3.63) is 54.1 Å². The first-order chi connectivity index (χ1) is 13.8. The molecule has 0 spiro atoms. The van der Waals surface area contributed by atoms with E-state index in [1.54, 1.807) is 21.0 Å². The van der Waals surface area contributed by atoms with Crippen LogP contribution in [0.4, 0.5) is 11.4 Å². The first-order valence-electron chi connectivity index (χ1n) is 9.90. The molecule has 2 aromatic rings. The number of carbonyl (C=O) groups is 2. The van der Waals surface area contributed by atoms with Gasteiger partial charge in [-0.25, -0.2) is 0 Å². The fourth-order valence-electron chi connectivity index (χ4n) is 2.98. The third kappa shape index (κ3) is 5.50. The predicted molar refractivity (Wildman–Crippen MR) is 117 cm³/mol. The quantitative estimate of drug-likeness (QED) is 0.631. The number of methoxy groups -OCH3 is 1. The number of anilines is 2. The number of amides is 2. The van der Waals surface area contributed by atoms with Crippen LogP contribution in [0.5, 0.6) is 5.75 Å². The Balaban J connectivity index is 2.00. The lowest BCUT2D eigenvalue weighted by atomic mass is 9.90. The van der Waals surface area contributed by atoms with Crippen molar-refractivity contribution in [2.24, 2.45) is 5.41 Å². The van der Waals surface area contributed by atoms with Crippen LogP contribution in [0.1, 0.15) is 33.3 Å². The van der Waals surface area contributed by atoms with Gasteiger partial charge in [-0.15, -0.1) is 0 Å². The normalized spacial score (nSPS) is 10.9. The molecule has 29 heavy (non-hydrogen) atoms. The summed E-state index contributed by atoms with van der Waals surface area (Å²) in [5.74, 6) is -0.00497. The molecule has 0 aliphatic heterocycles. The van der Waals surface area contributed by atoms with Crippen molar-refractivity contribution < 1.29 is 14.3 Å². The maximum absolute atomic E-state index is 12.7. The van der Waals surface area contributed by atoms with Crippen LogP contribution < -0.4 is 20.3 Å². The third-order valence-corrected chi connectivity index (χ3v) is 5.02. The molecule has 0 saturated carbocycles. The Morgan fingerprint density at radius 1 is 0.966 bits per heavy atom. The molecule has 156 valence electrons. The van der Waals surface area contributed by atoms with Gasteiger partial charge in [-0.3, -0.25) is 9.59 Å². The van der Waals surface area contributed by atoms with E-state index in [1.165, 1.54) is 0 Å². The lowest BCUT2D eigenvalue weighted by Gasteiger charge is -2.24. The minimum Gasteiger partial charge on any atom is -0.496 e. The van der Waals surface area contributed by atoms with Crippen LogP contribution in [0.25, 0.3) is 0 Å². The van der Waals surface area contributed by atoms with Gasteiger partial charge in [-0.1, -0.05) is 18.2 Å². The monoisotopic (exact) mass is 397 g/mol. The number of ether oxygens (including phenoxy) is 1. The zero-order chi connectivity index (χ0) is 21.4. The van der Waals surface area contributed by atoms with Crippen LogP contribution in [-0.4, -0.2) is 32.0 Å². The van der Waals surface area contributed by atoms with Gasteiger partial charge in [0.15, 0.2) is 0 Å². The van der Waals surface area contributed by atoms with Crippen molar-refractivity contribution in [3.8, 4) is 5.75 Å². The average Bonchev–Trinajstić information content (AvgIpc) is 2.74. The Morgan fingerprint density at radius 2 is 1.59 bits per heavy atom. The summed E-state index contributed by atoms with van der Waals surface area (Å²) in [6, 6.07) is 15.1. The molecule has 0 unspecified atom stereocenters. The second-order valence-electron chi connectivity index (χ2n) is 7.29. The van der Waals surface area contributed by atoms with Crippen LogP contribution in [0.3, 0.4) is 0 Å². The highest BCUT2D eigenvalue weighted by atomic mass is 16.5. The second kappa shape index (κ2) is 9.96. The minimum absolute atomic E-state index is 0.290. The van der Waals surface area contributed by atoms with Crippen LogP contribution in [0.2, 0.25) is 0 Å². The molecule has 0 aromatic heterocycles. The predicted octanol–water partition coefficient (Wildman–Crippen LogP) is 3.82. The van der Waals surface area contributed by atoms with Gasteiger partial charge in [0.1, 0.15) is 11.2 Å². The smallest absolute Gasteiger partial charge is 0.239 e. The van der Waals surface area contributed by atoms with E-state index >= 15 is 0 Å². The number of hydrogen-bond acceptors (Lipinski definition) is 4. The van der Waals surface area contributed by atoms with Crippen LogP contribution in [-0.2, 0) is 16.1 Å². The molecule has 2 aromatic carbocycles. The van der Waals surface area contributed by atoms with Crippen molar-refractivity contribution in [3.63, 3.8) is 0 Å².